The Morgan fingerprint density at radius 3 is 2.32 bits per heavy atom. The van der Waals surface area contributed by atoms with Crippen LogP contribution in [0.4, 0.5) is 5.69 Å². The van der Waals surface area contributed by atoms with E-state index in [0.29, 0.717) is 6.42 Å². The van der Waals surface area contributed by atoms with Crippen LogP contribution < -0.4 is 4.90 Å². The van der Waals surface area contributed by atoms with E-state index in [1.54, 1.807) is 4.90 Å². The molecule has 2 aliphatic rings. The zero-order chi connectivity index (χ0) is 19.8. The first kappa shape index (κ1) is 18.7. The maximum atomic E-state index is 13.3. The van der Waals surface area contributed by atoms with E-state index in [1.807, 2.05) is 48.2 Å². The van der Waals surface area contributed by atoms with Gasteiger partial charge in [0.1, 0.15) is 0 Å². The molecule has 0 aliphatic carbocycles. The molecular weight excluding hydrogens is 350 g/mol. The Labute approximate surface area is 166 Å². The van der Waals surface area contributed by atoms with E-state index in [1.165, 1.54) is 0 Å². The molecule has 1 atom stereocenters. The van der Waals surface area contributed by atoms with Crippen molar-refractivity contribution in [2.45, 2.75) is 26.3 Å². The highest BCUT2D eigenvalue weighted by Crippen LogP contribution is 2.40. The maximum absolute atomic E-state index is 13.3. The van der Waals surface area contributed by atoms with E-state index in [-0.39, 0.29) is 17.9 Å². The number of anilines is 1. The molecule has 0 bridgehead atoms. The highest BCUT2D eigenvalue weighted by Gasteiger charge is 2.40. The molecule has 4 rings (SSSR count). The average molecular weight is 377 g/mol. The van der Waals surface area contributed by atoms with Crippen molar-refractivity contribution in [3.8, 4) is 0 Å². The molecule has 0 radical (unpaired) electrons. The van der Waals surface area contributed by atoms with Crippen molar-refractivity contribution in [3.05, 3.63) is 64.7 Å². The van der Waals surface area contributed by atoms with Gasteiger partial charge in [0.15, 0.2) is 0 Å². The van der Waals surface area contributed by atoms with Gasteiger partial charge < -0.3 is 14.7 Å². The van der Waals surface area contributed by atoms with Gasteiger partial charge in [-0.15, -0.1) is 0 Å². The second-order valence-corrected chi connectivity index (χ2v) is 7.94. The topological polar surface area (TPSA) is 43.9 Å². The summed E-state index contributed by atoms with van der Waals surface area (Å²) in [5.74, 6) is 0.110. The normalized spacial score (nSPS) is 19.8. The van der Waals surface area contributed by atoms with Gasteiger partial charge in [0.2, 0.25) is 5.91 Å². The molecule has 0 saturated carbocycles. The summed E-state index contributed by atoms with van der Waals surface area (Å²) in [7, 11) is 2.08. The van der Waals surface area contributed by atoms with Crippen LogP contribution in [-0.2, 0) is 4.79 Å². The molecule has 2 heterocycles. The first-order valence-electron chi connectivity index (χ1n) is 9.92. The monoisotopic (exact) mass is 377 g/mol. The quantitative estimate of drug-likeness (QED) is 0.825. The Balaban J connectivity index is 1.68. The van der Waals surface area contributed by atoms with Gasteiger partial charge in [0, 0.05) is 37.4 Å². The molecule has 146 valence electrons. The number of benzene rings is 2. The lowest BCUT2D eigenvalue weighted by Crippen LogP contribution is -2.47. The van der Waals surface area contributed by atoms with E-state index in [2.05, 4.69) is 24.9 Å². The molecule has 0 spiro atoms. The van der Waals surface area contributed by atoms with Crippen molar-refractivity contribution >= 4 is 17.5 Å². The van der Waals surface area contributed by atoms with Crippen LogP contribution in [0.3, 0.4) is 0 Å². The van der Waals surface area contributed by atoms with Crippen molar-refractivity contribution in [2.24, 2.45) is 0 Å². The highest BCUT2D eigenvalue weighted by atomic mass is 16.2. The van der Waals surface area contributed by atoms with Crippen LogP contribution in [0.5, 0.6) is 0 Å². The lowest BCUT2D eigenvalue weighted by molar-refractivity contribution is -0.133. The van der Waals surface area contributed by atoms with Crippen LogP contribution in [0.15, 0.2) is 42.5 Å². The van der Waals surface area contributed by atoms with Gasteiger partial charge in [-0.25, -0.2) is 0 Å². The van der Waals surface area contributed by atoms with Gasteiger partial charge >= 0.3 is 0 Å². The number of amides is 2. The highest BCUT2D eigenvalue weighted by molar-refractivity contribution is 6.11. The van der Waals surface area contributed by atoms with Crippen molar-refractivity contribution < 1.29 is 9.59 Å². The Morgan fingerprint density at radius 1 is 1.00 bits per heavy atom. The number of hydrogen-bond acceptors (Lipinski definition) is 3. The smallest absolute Gasteiger partial charge is 0.259 e. The molecule has 28 heavy (non-hydrogen) atoms. The molecule has 2 amide bonds. The number of carbonyl (C=O) groups excluding carboxylic acids is 2. The predicted octanol–water partition coefficient (Wildman–Crippen LogP) is 3.17. The summed E-state index contributed by atoms with van der Waals surface area (Å²) in [6, 6.07) is 13.5. The number of rotatable bonds is 3. The van der Waals surface area contributed by atoms with E-state index in [0.717, 1.165) is 54.1 Å². The summed E-state index contributed by atoms with van der Waals surface area (Å²) < 4.78 is 0. The van der Waals surface area contributed by atoms with Gasteiger partial charge in [-0.2, -0.15) is 0 Å². The average Bonchev–Trinajstić information content (AvgIpc) is 2.94. The van der Waals surface area contributed by atoms with Gasteiger partial charge in [-0.1, -0.05) is 24.3 Å². The summed E-state index contributed by atoms with van der Waals surface area (Å²) in [6.45, 7) is 7.38. The van der Waals surface area contributed by atoms with Crippen molar-refractivity contribution in [3.63, 3.8) is 0 Å². The summed E-state index contributed by atoms with van der Waals surface area (Å²) in [5, 5.41) is 0. The summed E-state index contributed by atoms with van der Waals surface area (Å²) in [6.07, 6.45) is 0.319. The molecule has 0 aromatic heterocycles. The van der Waals surface area contributed by atoms with Crippen LogP contribution in [-0.4, -0.2) is 54.8 Å². The molecule has 0 unspecified atom stereocenters. The van der Waals surface area contributed by atoms with Gasteiger partial charge in [0.25, 0.3) is 5.91 Å². The first-order valence-corrected chi connectivity index (χ1v) is 9.92. The minimum Gasteiger partial charge on any atom is -0.340 e. The minimum atomic E-state index is -0.253. The van der Waals surface area contributed by atoms with Crippen LogP contribution in [0.2, 0.25) is 0 Å². The van der Waals surface area contributed by atoms with Crippen molar-refractivity contribution in [1.82, 2.24) is 9.80 Å². The number of likely N-dealkylation sites (N-methyl/N-ethyl adjacent to an activating group) is 1. The third-order valence-electron chi connectivity index (χ3n) is 6.04. The van der Waals surface area contributed by atoms with E-state index >= 15 is 0 Å². The Hall–Kier alpha value is -2.66. The number of piperazine rings is 1. The van der Waals surface area contributed by atoms with E-state index < -0.39 is 0 Å². The maximum Gasteiger partial charge on any atom is 0.259 e. The molecule has 1 saturated heterocycles. The van der Waals surface area contributed by atoms with Crippen LogP contribution in [0.25, 0.3) is 0 Å². The lowest BCUT2D eigenvalue weighted by atomic mass is 9.96. The standard InChI is InChI=1S/C23H27N3O2/c1-16-13-19-20(14-17(16)2)23(28)26(18-7-5-4-6-8-18)21(19)15-22(27)25-11-9-24(3)10-12-25/h4-8,13-14,21H,9-12,15H2,1-3H3/t21-/m0/s1. The summed E-state index contributed by atoms with van der Waals surface area (Å²) in [4.78, 5) is 32.3. The van der Waals surface area contributed by atoms with Crippen molar-refractivity contribution in [1.29, 1.82) is 0 Å². The first-order chi connectivity index (χ1) is 13.5. The predicted molar refractivity (Wildman–Crippen MR) is 111 cm³/mol. The van der Waals surface area contributed by atoms with Crippen LogP contribution in [0, 0.1) is 13.8 Å². The molecule has 2 aliphatic heterocycles. The summed E-state index contributed by atoms with van der Waals surface area (Å²) >= 11 is 0. The largest absolute Gasteiger partial charge is 0.340 e. The van der Waals surface area contributed by atoms with Crippen LogP contribution >= 0.6 is 0 Å². The van der Waals surface area contributed by atoms with Gasteiger partial charge in [-0.3, -0.25) is 9.59 Å². The molecule has 5 heteroatoms. The molecule has 2 aromatic carbocycles. The fraction of sp³-hybridized carbons (Fsp3) is 0.391. The molecule has 1 fully saturated rings. The van der Waals surface area contributed by atoms with Crippen molar-refractivity contribution in [2.75, 3.05) is 38.1 Å². The van der Waals surface area contributed by atoms with Gasteiger partial charge in [-0.05, 0) is 55.8 Å². The fourth-order valence-electron chi connectivity index (χ4n) is 4.15. The second-order valence-electron chi connectivity index (χ2n) is 7.94. The molecule has 5 nitrogen and oxygen atoms in total. The number of para-hydroxylation sites is 1. The Kier molecular flexibility index (Phi) is 4.94. The number of hydrogen-bond donors (Lipinski definition) is 0. The third-order valence-corrected chi connectivity index (χ3v) is 6.04. The Morgan fingerprint density at radius 2 is 1.64 bits per heavy atom. The lowest BCUT2D eigenvalue weighted by Gasteiger charge is -2.34. The van der Waals surface area contributed by atoms with E-state index in [9.17, 15) is 9.59 Å². The van der Waals surface area contributed by atoms with Crippen LogP contribution in [0.1, 0.15) is 39.5 Å². The zero-order valence-corrected chi connectivity index (χ0v) is 16.8. The number of nitrogens with zero attached hydrogens (tertiary/aromatic N) is 3. The third kappa shape index (κ3) is 3.31. The molecular formula is C23H27N3O2. The molecule has 2 aromatic rings. The van der Waals surface area contributed by atoms with E-state index in [4.69, 9.17) is 0 Å². The SMILES string of the molecule is Cc1cc2c(cc1C)[C@H](CC(=O)N1CCN(C)CC1)N(c1ccccc1)C2=O. The zero-order valence-electron chi connectivity index (χ0n) is 16.8. The fourth-order valence-corrected chi connectivity index (χ4v) is 4.15. The Bertz CT molecular complexity index is 902. The van der Waals surface area contributed by atoms with Gasteiger partial charge in [0.05, 0.1) is 12.5 Å². The number of fused-ring (bicyclic) bond motifs is 1. The number of carbonyl (C=O) groups is 2. The number of aryl methyl sites for hydroxylation is 2. The second kappa shape index (κ2) is 7.40. The molecule has 0 N–H and O–H groups in total. The minimum absolute atomic E-state index is 0.0134. The summed E-state index contributed by atoms with van der Waals surface area (Å²) in [5.41, 5.74) is 4.79.